The van der Waals surface area contributed by atoms with Gasteiger partial charge >= 0.3 is 0 Å². The predicted molar refractivity (Wildman–Crippen MR) is 105 cm³/mol. The van der Waals surface area contributed by atoms with Crippen molar-refractivity contribution in [3.63, 3.8) is 0 Å². The van der Waals surface area contributed by atoms with Crippen LogP contribution in [0.5, 0.6) is 5.75 Å². The number of nitrogens with one attached hydrogen (secondary N) is 1. The highest BCUT2D eigenvalue weighted by Gasteiger charge is 2.26. The highest BCUT2D eigenvalue weighted by Crippen LogP contribution is 2.28. The second kappa shape index (κ2) is 8.74. The molecule has 1 aromatic heterocycles. The van der Waals surface area contributed by atoms with Crippen LogP contribution in [0, 0.1) is 0 Å². The Labute approximate surface area is 155 Å². The van der Waals surface area contributed by atoms with Crippen molar-refractivity contribution in [1.82, 2.24) is 20.0 Å². The highest BCUT2D eigenvalue weighted by atomic mass is 16.5. The predicted octanol–water partition coefficient (Wildman–Crippen LogP) is 2.43. The standard InChI is InChI=1S/C20H29N5O/c1-4-21-20(22-11-9-16-13-23-24(2)14-16)25-12-10-18(15-25)17-5-7-19(26-3)8-6-17/h5-8,13-14,18H,4,9-12,15H2,1-3H3,(H,21,22). The van der Waals surface area contributed by atoms with Gasteiger partial charge in [0.1, 0.15) is 5.75 Å². The number of aryl methyl sites for hydroxylation is 1. The number of aromatic nitrogens is 2. The van der Waals surface area contributed by atoms with Crippen LogP contribution in [0.3, 0.4) is 0 Å². The van der Waals surface area contributed by atoms with Crippen LogP contribution in [0.1, 0.15) is 30.4 Å². The summed E-state index contributed by atoms with van der Waals surface area (Å²) in [4.78, 5) is 7.21. The maximum Gasteiger partial charge on any atom is 0.193 e. The molecule has 6 nitrogen and oxygen atoms in total. The lowest BCUT2D eigenvalue weighted by atomic mass is 9.98. The SMILES string of the molecule is CCNC(=NCCc1cnn(C)c1)N1CCC(c2ccc(OC)cc2)C1. The Kier molecular flexibility index (Phi) is 6.15. The van der Waals surface area contributed by atoms with Crippen LogP contribution in [-0.2, 0) is 13.5 Å². The molecule has 140 valence electrons. The first-order valence-electron chi connectivity index (χ1n) is 9.34. The second-order valence-corrected chi connectivity index (χ2v) is 6.71. The average Bonchev–Trinajstić information content (AvgIpc) is 3.30. The molecule has 1 N–H and O–H groups in total. The minimum absolute atomic E-state index is 0.545. The lowest BCUT2D eigenvalue weighted by Crippen LogP contribution is -2.40. The van der Waals surface area contributed by atoms with Crippen molar-refractivity contribution in [1.29, 1.82) is 0 Å². The van der Waals surface area contributed by atoms with Gasteiger partial charge in [-0.1, -0.05) is 12.1 Å². The van der Waals surface area contributed by atoms with Gasteiger partial charge in [-0.25, -0.2) is 0 Å². The van der Waals surface area contributed by atoms with Crippen molar-refractivity contribution >= 4 is 5.96 Å². The molecule has 1 aliphatic heterocycles. The van der Waals surface area contributed by atoms with Gasteiger partial charge in [0, 0.05) is 45.3 Å². The molecule has 0 saturated carbocycles. The molecule has 26 heavy (non-hydrogen) atoms. The fourth-order valence-electron chi connectivity index (χ4n) is 3.42. The zero-order chi connectivity index (χ0) is 18.4. The van der Waals surface area contributed by atoms with Crippen molar-refractivity contribution in [3.05, 3.63) is 47.8 Å². The second-order valence-electron chi connectivity index (χ2n) is 6.71. The summed E-state index contributed by atoms with van der Waals surface area (Å²) in [5.41, 5.74) is 2.60. The van der Waals surface area contributed by atoms with E-state index in [1.165, 1.54) is 11.1 Å². The van der Waals surface area contributed by atoms with E-state index in [2.05, 4.69) is 40.6 Å². The van der Waals surface area contributed by atoms with Gasteiger partial charge < -0.3 is 15.0 Å². The summed E-state index contributed by atoms with van der Waals surface area (Å²) >= 11 is 0. The normalized spacial score (nSPS) is 17.6. The average molecular weight is 355 g/mol. The molecule has 1 atom stereocenters. The molecule has 1 saturated heterocycles. The molecule has 1 aliphatic rings. The molecular weight excluding hydrogens is 326 g/mol. The van der Waals surface area contributed by atoms with Crippen LogP contribution in [0.25, 0.3) is 0 Å². The molecule has 0 radical (unpaired) electrons. The number of benzene rings is 1. The fraction of sp³-hybridized carbons (Fsp3) is 0.500. The van der Waals surface area contributed by atoms with Crippen LogP contribution in [0.15, 0.2) is 41.7 Å². The Morgan fingerprint density at radius 3 is 2.81 bits per heavy atom. The minimum Gasteiger partial charge on any atom is -0.497 e. The van der Waals surface area contributed by atoms with Gasteiger partial charge in [-0.05, 0) is 43.0 Å². The van der Waals surface area contributed by atoms with Crippen molar-refractivity contribution in [2.45, 2.75) is 25.7 Å². The van der Waals surface area contributed by atoms with Crippen LogP contribution < -0.4 is 10.1 Å². The van der Waals surface area contributed by atoms with Crippen LogP contribution in [0.4, 0.5) is 0 Å². The zero-order valence-electron chi connectivity index (χ0n) is 16.0. The van der Waals surface area contributed by atoms with Crippen molar-refractivity contribution in [3.8, 4) is 5.75 Å². The zero-order valence-corrected chi connectivity index (χ0v) is 16.0. The van der Waals surface area contributed by atoms with Crippen molar-refractivity contribution in [2.75, 3.05) is 33.3 Å². The first-order chi connectivity index (χ1) is 12.7. The van der Waals surface area contributed by atoms with E-state index < -0.39 is 0 Å². The number of guanidine groups is 1. The largest absolute Gasteiger partial charge is 0.497 e. The summed E-state index contributed by atoms with van der Waals surface area (Å²) in [6.07, 6.45) is 6.04. The first-order valence-corrected chi connectivity index (χ1v) is 9.34. The van der Waals surface area contributed by atoms with E-state index >= 15 is 0 Å². The number of methoxy groups -OCH3 is 1. The van der Waals surface area contributed by atoms with E-state index in [9.17, 15) is 0 Å². The molecule has 6 heteroatoms. The number of ether oxygens (including phenoxy) is 1. The number of nitrogens with zero attached hydrogens (tertiary/aromatic N) is 4. The maximum absolute atomic E-state index is 5.26. The molecular formula is C20H29N5O. The van der Waals surface area contributed by atoms with Gasteiger partial charge in [-0.15, -0.1) is 0 Å². The van der Waals surface area contributed by atoms with E-state index in [1.807, 2.05) is 30.1 Å². The third-order valence-electron chi connectivity index (χ3n) is 4.83. The molecule has 2 heterocycles. The van der Waals surface area contributed by atoms with Crippen LogP contribution in [-0.4, -0.2) is 53.9 Å². The van der Waals surface area contributed by atoms with E-state index in [1.54, 1.807) is 7.11 Å². The molecule has 1 fully saturated rings. The molecule has 3 rings (SSSR count). The third kappa shape index (κ3) is 4.56. The first kappa shape index (κ1) is 18.3. The number of likely N-dealkylation sites (tertiary alicyclic amines) is 1. The van der Waals surface area contributed by atoms with Gasteiger partial charge in [-0.3, -0.25) is 9.67 Å². The van der Waals surface area contributed by atoms with Crippen LogP contribution >= 0.6 is 0 Å². The van der Waals surface area contributed by atoms with Gasteiger partial charge in [0.2, 0.25) is 0 Å². The third-order valence-corrected chi connectivity index (χ3v) is 4.83. The Balaban J connectivity index is 1.59. The lowest BCUT2D eigenvalue weighted by molar-refractivity contribution is 0.414. The molecule has 1 aromatic carbocycles. The Morgan fingerprint density at radius 1 is 1.35 bits per heavy atom. The quantitative estimate of drug-likeness (QED) is 0.639. The number of hydrogen-bond donors (Lipinski definition) is 1. The van der Waals surface area contributed by atoms with Gasteiger partial charge in [-0.2, -0.15) is 5.10 Å². The molecule has 0 aliphatic carbocycles. The van der Waals surface area contributed by atoms with Gasteiger partial charge in [0.05, 0.1) is 13.3 Å². The topological polar surface area (TPSA) is 54.7 Å². The molecule has 1 unspecified atom stereocenters. The minimum atomic E-state index is 0.545. The molecule has 0 bridgehead atoms. The Hall–Kier alpha value is -2.50. The smallest absolute Gasteiger partial charge is 0.193 e. The summed E-state index contributed by atoms with van der Waals surface area (Å²) in [5, 5.41) is 7.66. The number of aliphatic imine (C=N–C) groups is 1. The van der Waals surface area contributed by atoms with Gasteiger partial charge in [0.15, 0.2) is 5.96 Å². The maximum atomic E-state index is 5.26. The van der Waals surface area contributed by atoms with Crippen LogP contribution in [0.2, 0.25) is 0 Å². The fourth-order valence-corrected chi connectivity index (χ4v) is 3.42. The van der Waals surface area contributed by atoms with E-state index in [-0.39, 0.29) is 0 Å². The Morgan fingerprint density at radius 2 is 2.15 bits per heavy atom. The molecule has 0 spiro atoms. The van der Waals surface area contributed by atoms with E-state index in [4.69, 9.17) is 9.73 Å². The van der Waals surface area contributed by atoms with Crippen molar-refractivity contribution < 1.29 is 4.74 Å². The number of hydrogen-bond acceptors (Lipinski definition) is 3. The molecule has 2 aromatic rings. The highest BCUT2D eigenvalue weighted by molar-refractivity contribution is 5.80. The lowest BCUT2D eigenvalue weighted by Gasteiger charge is -2.21. The summed E-state index contributed by atoms with van der Waals surface area (Å²) in [7, 11) is 3.65. The summed E-state index contributed by atoms with van der Waals surface area (Å²) in [6, 6.07) is 8.45. The van der Waals surface area contributed by atoms with E-state index in [0.29, 0.717) is 5.92 Å². The molecule has 0 amide bonds. The van der Waals surface area contributed by atoms with Crippen molar-refractivity contribution in [2.24, 2.45) is 12.0 Å². The summed E-state index contributed by atoms with van der Waals surface area (Å²) in [5.74, 6) is 2.48. The Bertz CT molecular complexity index is 722. The van der Waals surface area contributed by atoms with E-state index in [0.717, 1.165) is 50.7 Å². The summed E-state index contributed by atoms with van der Waals surface area (Å²) in [6.45, 7) is 5.82. The van der Waals surface area contributed by atoms with Gasteiger partial charge in [0.25, 0.3) is 0 Å². The number of rotatable bonds is 6. The summed E-state index contributed by atoms with van der Waals surface area (Å²) < 4.78 is 7.10. The monoisotopic (exact) mass is 355 g/mol.